The molecule has 2 nitrogen and oxygen atoms in total. The van der Waals surface area contributed by atoms with Crippen molar-refractivity contribution in [3.63, 3.8) is 0 Å². The Bertz CT molecular complexity index is 352. The standard InChI is InChI=1S/C10H10FNO/c11-9-6-3-5-8(10(9)12)4-1-2-7-13/h3,5-6,13H,2,7,12H2. The minimum atomic E-state index is -0.462. The Morgan fingerprint density at radius 3 is 2.92 bits per heavy atom. The van der Waals surface area contributed by atoms with E-state index in [-0.39, 0.29) is 12.3 Å². The fourth-order valence-electron chi connectivity index (χ4n) is 0.860. The Kier molecular flexibility index (Phi) is 3.30. The number of para-hydroxylation sites is 1. The molecule has 3 N–H and O–H groups in total. The van der Waals surface area contributed by atoms with Crippen LogP contribution < -0.4 is 5.73 Å². The Morgan fingerprint density at radius 2 is 2.23 bits per heavy atom. The van der Waals surface area contributed by atoms with E-state index in [1.807, 2.05) is 0 Å². The van der Waals surface area contributed by atoms with Gasteiger partial charge in [0.15, 0.2) is 0 Å². The monoisotopic (exact) mass is 179 g/mol. The van der Waals surface area contributed by atoms with Gasteiger partial charge in [0.25, 0.3) is 0 Å². The molecule has 0 amide bonds. The van der Waals surface area contributed by atoms with Gasteiger partial charge in [-0.2, -0.15) is 0 Å². The summed E-state index contributed by atoms with van der Waals surface area (Å²) < 4.78 is 12.8. The summed E-state index contributed by atoms with van der Waals surface area (Å²) in [7, 11) is 0. The lowest BCUT2D eigenvalue weighted by atomic mass is 10.2. The topological polar surface area (TPSA) is 46.2 Å². The van der Waals surface area contributed by atoms with Crippen molar-refractivity contribution in [2.24, 2.45) is 0 Å². The maximum absolute atomic E-state index is 12.8. The zero-order valence-electron chi connectivity index (χ0n) is 7.05. The molecule has 1 aromatic carbocycles. The number of benzene rings is 1. The number of nitrogens with two attached hydrogens (primary N) is 1. The van der Waals surface area contributed by atoms with Gasteiger partial charge in [0.1, 0.15) is 5.82 Å². The molecule has 0 unspecified atom stereocenters. The first-order valence-corrected chi connectivity index (χ1v) is 3.89. The summed E-state index contributed by atoms with van der Waals surface area (Å²) in [6.07, 6.45) is 0.371. The van der Waals surface area contributed by atoms with E-state index >= 15 is 0 Å². The van der Waals surface area contributed by atoms with E-state index in [2.05, 4.69) is 11.8 Å². The van der Waals surface area contributed by atoms with Crippen molar-refractivity contribution in [1.29, 1.82) is 0 Å². The molecule has 0 fully saturated rings. The average Bonchev–Trinajstić information content (AvgIpc) is 2.13. The molecule has 3 heteroatoms. The van der Waals surface area contributed by atoms with Crippen LogP contribution in [0.3, 0.4) is 0 Å². The van der Waals surface area contributed by atoms with E-state index < -0.39 is 5.82 Å². The zero-order chi connectivity index (χ0) is 9.68. The molecular formula is C10H10FNO. The van der Waals surface area contributed by atoms with Gasteiger partial charge >= 0.3 is 0 Å². The summed E-state index contributed by atoms with van der Waals surface area (Å²) in [6, 6.07) is 4.48. The van der Waals surface area contributed by atoms with E-state index in [0.29, 0.717) is 12.0 Å². The summed E-state index contributed by atoms with van der Waals surface area (Å²) in [6.45, 7) is 0.00220. The third-order valence-corrected chi connectivity index (χ3v) is 1.51. The molecule has 0 saturated carbocycles. The highest BCUT2D eigenvalue weighted by Gasteiger charge is 1.99. The quantitative estimate of drug-likeness (QED) is 0.501. The molecule has 0 aliphatic heterocycles. The highest BCUT2D eigenvalue weighted by molar-refractivity contribution is 5.56. The largest absolute Gasteiger partial charge is 0.395 e. The minimum Gasteiger partial charge on any atom is -0.395 e. The molecule has 13 heavy (non-hydrogen) atoms. The van der Waals surface area contributed by atoms with E-state index in [4.69, 9.17) is 10.8 Å². The van der Waals surface area contributed by atoms with Gasteiger partial charge in [-0.1, -0.05) is 17.9 Å². The molecule has 0 aromatic heterocycles. The Morgan fingerprint density at radius 1 is 1.46 bits per heavy atom. The van der Waals surface area contributed by atoms with Crippen LogP contribution in [-0.4, -0.2) is 11.7 Å². The van der Waals surface area contributed by atoms with Gasteiger partial charge in [0.05, 0.1) is 17.9 Å². The van der Waals surface area contributed by atoms with Crippen LogP contribution >= 0.6 is 0 Å². The van der Waals surface area contributed by atoms with E-state index in [9.17, 15) is 4.39 Å². The highest BCUT2D eigenvalue weighted by atomic mass is 19.1. The van der Waals surface area contributed by atoms with Crippen LogP contribution in [-0.2, 0) is 0 Å². The van der Waals surface area contributed by atoms with Crippen LogP contribution in [0.2, 0.25) is 0 Å². The van der Waals surface area contributed by atoms with Crippen LogP contribution in [0.15, 0.2) is 18.2 Å². The van der Waals surface area contributed by atoms with E-state index in [1.165, 1.54) is 6.07 Å². The van der Waals surface area contributed by atoms with Crippen LogP contribution in [0, 0.1) is 17.7 Å². The SMILES string of the molecule is Nc1c(F)cccc1C#CCCO. The van der Waals surface area contributed by atoms with Crippen molar-refractivity contribution in [3.8, 4) is 11.8 Å². The highest BCUT2D eigenvalue weighted by Crippen LogP contribution is 2.13. The molecule has 0 spiro atoms. The first-order valence-electron chi connectivity index (χ1n) is 3.89. The second-order valence-corrected chi connectivity index (χ2v) is 2.48. The molecule has 0 aliphatic rings. The molecule has 0 aliphatic carbocycles. The van der Waals surface area contributed by atoms with Gasteiger partial charge in [-0.25, -0.2) is 4.39 Å². The van der Waals surface area contributed by atoms with Crippen LogP contribution in [0.5, 0.6) is 0 Å². The third-order valence-electron chi connectivity index (χ3n) is 1.51. The van der Waals surface area contributed by atoms with Gasteiger partial charge in [0, 0.05) is 6.42 Å². The van der Waals surface area contributed by atoms with Gasteiger partial charge in [-0.3, -0.25) is 0 Å². The maximum Gasteiger partial charge on any atom is 0.147 e. The first kappa shape index (κ1) is 9.56. The first-order chi connectivity index (χ1) is 6.25. The van der Waals surface area contributed by atoms with Gasteiger partial charge in [-0.15, -0.1) is 0 Å². The molecule has 0 atom stereocenters. The number of hydrogen-bond donors (Lipinski definition) is 2. The van der Waals surface area contributed by atoms with Crippen LogP contribution in [0.1, 0.15) is 12.0 Å². The van der Waals surface area contributed by atoms with Crippen molar-refractivity contribution in [2.75, 3.05) is 12.3 Å². The Labute approximate surface area is 76.2 Å². The second-order valence-electron chi connectivity index (χ2n) is 2.48. The second kappa shape index (κ2) is 4.48. The fraction of sp³-hybridized carbons (Fsp3) is 0.200. The number of anilines is 1. The fourth-order valence-corrected chi connectivity index (χ4v) is 0.860. The summed E-state index contributed by atoms with van der Waals surface area (Å²) in [5.74, 6) is 4.89. The van der Waals surface area contributed by atoms with E-state index in [0.717, 1.165) is 0 Å². The predicted molar refractivity (Wildman–Crippen MR) is 49.4 cm³/mol. The summed E-state index contributed by atoms with van der Waals surface area (Å²) in [5, 5.41) is 8.46. The van der Waals surface area contributed by atoms with Crippen molar-refractivity contribution in [2.45, 2.75) is 6.42 Å². The number of nitrogen functional groups attached to an aromatic ring is 1. The zero-order valence-corrected chi connectivity index (χ0v) is 7.05. The molecule has 0 heterocycles. The molecule has 0 bridgehead atoms. The minimum absolute atomic E-state index is 0.00220. The molecule has 1 rings (SSSR count). The Hall–Kier alpha value is -1.53. The molecular weight excluding hydrogens is 169 g/mol. The van der Waals surface area contributed by atoms with Crippen molar-refractivity contribution < 1.29 is 9.50 Å². The Balaban J connectivity index is 2.91. The lowest BCUT2D eigenvalue weighted by Gasteiger charge is -1.97. The number of rotatable bonds is 1. The molecule has 0 radical (unpaired) electrons. The number of halogens is 1. The van der Waals surface area contributed by atoms with E-state index in [1.54, 1.807) is 12.1 Å². The summed E-state index contributed by atoms with van der Waals surface area (Å²) in [5.41, 5.74) is 5.95. The maximum atomic E-state index is 12.8. The average molecular weight is 179 g/mol. The smallest absolute Gasteiger partial charge is 0.147 e. The number of aliphatic hydroxyl groups is 1. The van der Waals surface area contributed by atoms with Gasteiger partial charge in [-0.05, 0) is 12.1 Å². The predicted octanol–water partition coefficient (Wildman–Crippen LogP) is 1.14. The lowest BCUT2D eigenvalue weighted by Crippen LogP contribution is -1.93. The van der Waals surface area contributed by atoms with Crippen molar-refractivity contribution >= 4 is 5.69 Å². The number of hydrogen-bond acceptors (Lipinski definition) is 2. The molecule has 0 saturated heterocycles. The summed E-state index contributed by atoms with van der Waals surface area (Å²) >= 11 is 0. The van der Waals surface area contributed by atoms with Crippen LogP contribution in [0.4, 0.5) is 10.1 Å². The lowest BCUT2D eigenvalue weighted by molar-refractivity contribution is 0.305. The molecule has 1 aromatic rings. The normalized spacial score (nSPS) is 9.08. The van der Waals surface area contributed by atoms with Crippen molar-refractivity contribution in [1.82, 2.24) is 0 Å². The molecule has 68 valence electrons. The summed E-state index contributed by atoms with van der Waals surface area (Å²) in [4.78, 5) is 0. The van der Waals surface area contributed by atoms with Crippen LogP contribution in [0.25, 0.3) is 0 Å². The third kappa shape index (κ3) is 2.46. The van der Waals surface area contributed by atoms with Gasteiger partial charge < -0.3 is 10.8 Å². The van der Waals surface area contributed by atoms with Crippen molar-refractivity contribution in [3.05, 3.63) is 29.6 Å². The van der Waals surface area contributed by atoms with Gasteiger partial charge in [0.2, 0.25) is 0 Å². The number of aliphatic hydroxyl groups excluding tert-OH is 1.